The van der Waals surface area contributed by atoms with Gasteiger partial charge in [-0.25, -0.2) is 4.79 Å². The van der Waals surface area contributed by atoms with Crippen molar-refractivity contribution in [3.05, 3.63) is 0 Å². The molecule has 0 saturated carbocycles. The van der Waals surface area contributed by atoms with Gasteiger partial charge < -0.3 is 25.5 Å². The molecule has 132 valence electrons. The molecule has 0 spiro atoms. The lowest BCUT2D eigenvalue weighted by Crippen LogP contribution is -2.42. The first-order valence-electron chi connectivity index (χ1n) is 8.38. The van der Waals surface area contributed by atoms with E-state index in [4.69, 9.17) is 15.3 Å². The van der Waals surface area contributed by atoms with Crippen molar-refractivity contribution in [1.82, 2.24) is 0 Å². The van der Waals surface area contributed by atoms with E-state index < -0.39 is 24.3 Å². The molecule has 0 saturated heterocycles. The maximum atomic E-state index is 10.5. The average molecular weight is 320 g/mol. The second kappa shape index (κ2) is 13.9. The van der Waals surface area contributed by atoms with Crippen molar-refractivity contribution in [2.75, 3.05) is 6.61 Å². The fourth-order valence-corrected chi connectivity index (χ4v) is 2.41. The largest absolute Gasteiger partial charge is 0.479 e. The van der Waals surface area contributed by atoms with Gasteiger partial charge in [0, 0.05) is 6.61 Å². The third-order valence-electron chi connectivity index (χ3n) is 3.88. The van der Waals surface area contributed by atoms with Gasteiger partial charge in [0.2, 0.25) is 0 Å². The Morgan fingerprint density at radius 3 is 1.55 bits per heavy atom. The Balaban J connectivity index is 3.40. The molecule has 22 heavy (non-hydrogen) atoms. The van der Waals surface area contributed by atoms with Gasteiger partial charge in [-0.05, 0) is 12.8 Å². The molecule has 0 heterocycles. The zero-order valence-electron chi connectivity index (χ0n) is 13.4. The van der Waals surface area contributed by atoms with Gasteiger partial charge in [-0.1, -0.05) is 57.8 Å². The third kappa shape index (κ3) is 11.0. The summed E-state index contributed by atoms with van der Waals surface area (Å²) >= 11 is 0. The van der Waals surface area contributed by atoms with E-state index in [1.54, 1.807) is 0 Å². The average Bonchev–Trinajstić information content (AvgIpc) is 2.50. The van der Waals surface area contributed by atoms with Crippen LogP contribution in [0.25, 0.3) is 0 Å². The molecule has 6 heteroatoms. The summed E-state index contributed by atoms with van der Waals surface area (Å²) in [7, 11) is 0. The standard InChI is InChI=1S/C16H32O6/c17-12-10-8-6-4-2-1-3-5-7-9-11-13(18)14(19)15(20)16(21)22/h13-15,17-20H,1-12H2,(H,21,22). The number of hydrogen-bond donors (Lipinski definition) is 5. The minimum absolute atomic E-state index is 0.282. The number of aliphatic hydroxyl groups excluding tert-OH is 4. The molecule has 0 aliphatic carbocycles. The Morgan fingerprint density at radius 2 is 1.14 bits per heavy atom. The normalized spacial score (nSPS) is 15.5. The van der Waals surface area contributed by atoms with E-state index in [1.165, 1.54) is 25.7 Å². The van der Waals surface area contributed by atoms with E-state index in [0.717, 1.165) is 32.1 Å². The minimum atomic E-state index is -1.93. The molecule has 0 aliphatic rings. The molecule has 3 atom stereocenters. The van der Waals surface area contributed by atoms with Crippen LogP contribution >= 0.6 is 0 Å². The van der Waals surface area contributed by atoms with Crippen LogP contribution in [-0.2, 0) is 4.79 Å². The van der Waals surface area contributed by atoms with Crippen molar-refractivity contribution >= 4 is 5.97 Å². The predicted molar refractivity (Wildman–Crippen MR) is 83.5 cm³/mol. The minimum Gasteiger partial charge on any atom is -0.479 e. The molecule has 6 nitrogen and oxygen atoms in total. The molecule has 5 N–H and O–H groups in total. The SMILES string of the molecule is O=C(O)C(O)C(O)C(O)CCCCCCCCCCCCO. The highest BCUT2D eigenvalue weighted by molar-refractivity contribution is 5.72. The smallest absolute Gasteiger partial charge is 0.335 e. The van der Waals surface area contributed by atoms with Crippen LogP contribution in [0.2, 0.25) is 0 Å². The molecular formula is C16H32O6. The summed E-state index contributed by atoms with van der Waals surface area (Å²) in [4.78, 5) is 10.5. The van der Waals surface area contributed by atoms with Crippen molar-refractivity contribution in [1.29, 1.82) is 0 Å². The number of aliphatic hydroxyl groups is 4. The van der Waals surface area contributed by atoms with Gasteiger partial charge in [0.1, 0.15) is 6.10 Å². The summed E-state index contributed by atoms with van der Waals surface area (Å²) in [6.07, 6.45) is 6.13. The van der Waals surface area contributed by atoms with E-state index in [0.29, 0.717) is 12.8 Å². The second-order valence-electron chi connectivity index (χ2n) is 5.89. The molecule has 0 rings (SSSR count). The molecular weight excluding hydrogens is 288 g/mol. The van der Waals surface area contributed by atoms with Crippen molar-refractivity contribution in [2.24, 2.45) is 0 Å². The summed E-state index contributed by atoms with van der Waals surface area (Å²) in [6.45, 7) is 0.282. The van der Waals surface area contributed by atoms with Crippen LogP contribution in [-0.4, -0.2) is 56.4 Å². The first kappa shape index (κ1) is 21.3. The summed E-state index contributed by atoms with van der Waals surface area (Å²) in [6, 6.07) is 0. The fourth-order valence-electron chi connectivity index (χ4n) is 2.41. The summed E-state index contributed by atoms with van der Waals surface area (Å²) < 4.78 is 0. The number of carboxylic acids is 1. The van der Waals surface area contributed by atoms with Crippen molar-refractivity contribution in [2.45, 2.75) is 88.9 Å². The Bertz CT molecular complexity index is 271. The van der Waals surface area contributed by atoms with Crippen LogP contribution in [0, 0.1) is 0 Å². The Hall–Kier alpha value is -0.690. The summed E-state index contributed by atoms with van der Waals surface area (Å²) in [5.41, 5.74) is 0. The maximum Gasteiger partial charge on any atom is 0.335 e. The van der Waals surface area contributed by atoms with Gasteiger partial charge in [0.15, 0.2) is 6.10 Å². The lowest BCUT2D eigenvalue weighted by atomic mass is 10.0. The van der Waals surface area contributed by atoms with Crippen molar-refractivity contribution < 1.29 is 30.3 Å². The predicted octanol–water partition coefficient (Wildman–Crippen LogP) is 1.44. The maximum absolute atomic E-state index is 10.5. The Morgan fingerprint density at radius 1 is 0.727 bits per heavy atom. The first-order chi connectivity index (χ1) is 10.5. The van der Waals surface area contributed by atoms with Gasteiger partial charge in [-0.15, -0.1) is 0 Å². The number of carboxylic acid groups (broad SMARTS) is 1. The quantitative estimate of drug-likeness (QED) is 0.291. The summed E-state index contributed by atoms with van der Waals surface area (Å²) in [5.74, 6) is -1.52. The van der Waals surface area contributed by atoms with Crippen LogP contribution < -0.4 is 0 Å². The summed E-state index contributed by atoms with van der Waals surface area (Å²) in [5, 5.41) is 45.3. The highest BCUT2D eigenvalue weighted by Crippen LogP contribution is 2.13. The second-order valence-corrected chi connectivity index (χ2v) is 5.89. The Labute approximate surface area is 132 Å². The molecule has 3 unspecified atom stereocenters. The molecule has 0 aromatic carbocycles. The van der Waals surface area contributed by atoms with Crippen molar-refractivity contribution in [3.63, 3.8) is 0 Å². The number of aliphatic carboxylic acids is 1. The molecule has 0 amide bonds. The van der Waals surface area contributed by atoms with Crippen molar-refractivity contribution in [3.8, 4) is 0 Å². The number of hydrogen-bond acceptors (Lipinski definition) is 5. The lowest BCUT2D eigenvalue weighted by molar-refractivity contribution is -0.158. The zero-order chi connectivity index (χ0) is 16.8. The molecule has 0 fully saturated rings. The van der Waals surface area contributed by atoms with E-state index in [9.17, 15) is 15.0 Å². The molecule has 0 aromatic rings. The van der Waals surface area contributed by atoms with Crippen LogP contribution in [0.5, 0.6) is 0 Å². The van der Waals surface area contributed by atoms with Crippen LogP contribution in [0.15, 0.2) is 0 Å². The van der Waals surface area contributed by atoms with E-state index in [2.05, 4.69) is 0 Å². The topological polar surface area (TPSA) is 118 Å². The highest BCUT2D eigenvalue weighted by Gasteiger charge is 2.29. The van der Waals surface area contributed by atoms with Gasteiger partial charge in [0.05, 0.1) is 6.10 Å². The third-order valence-corrected chi connectivity index (χ3v) is 3.88. The van der Waals surface area contributed by atoms with E-state index in [1.807, 2.05) is 0 Å². The molecule has 0 aromatic heterocycles. The Kier molecular flexibility index (Phi) is 13.5. The van der Waals surface area contributed by atoms with Crippen LogP contribution in [0.1, 0.15) is 70.6 Å². The van der Waals surface area contributed by atoms with E-state index >= 15 is 0 Å². The number of unbranched alkanes of at least 4 members (excludes halogenated alkanes) is 9. The monoisotopic (exact) mass is 320 g/mol. The lowest BCUT2D eigenvalue weighted by Gasteiger charge is -2.20. The number of rotatable bonds is 15. The first-order valence-corrected chi connectivity index (χ1v) is 8.38. The van der Waals surface area contributed by atoms with Gasteiger partial charge >= 0.3 is 5.97 Å². The highest BCUT2D eigenvalue weighted by atomic mass is 16.4. The number of carbonyl (C=O) groups is 1. The van der Waals surface area contributed by atoms with Crippen LogP contribution in [0.4, 0.5) is 0 Å². The molecule has 0 radical (unpaired) electrons. The zero-order valence-corrected chi connectivity index (χ0v) is 13.4. The van der Waals surface area contributed by atoms with E-state index in [-0.39, 0.29) is 6.61 Å². The van der Waals surface area contributed by atoms with Gasteiger partial charge in [-0.2, -0.15) is 0 Å². The molecule has 0 aliphatic heterocycles. The fraction of sp³-hybridized carbons (Fsp3) is 0.938. The molecule has 0 bridgehead atoms. The van der Waals surface area contributed by atoms with Crippen LogP contribution in [0.3, 0.4) is 0 Å². The van der Waals surface area contributed by atoms with Gasteiger partial charge in [0.25, 0.3) is 0 Å². The van der Waals surface area contributed by atoms with Gasteiger partial charge in [-0.3, -0.25) is 0 Å².